The van der Waals surface area contributed by atoms with Crippen molar-refractivity contribution >= 4 is 11.6 Å². The van der Waals surface area contributed by atoms with Crippen molar-refractivity contribution in [3.8, 4) is 5.75 Å². The fraction of sp³-hybridized carbons (Fsp3) is 0.562. The van der Waals surface area contributed by atoms with Gasteiger partial charge in [-0.2, -0.15) is 0 Å². The first-order chi connectivity index (χ1) is 8.90. The molecule has 1 unspecified atom stereocenters. The van der Waals surface area contributed by atoms with Crippen LogP contribution in [0.1, 0.15) is 45.1 Å². The predicted molar refractivity (Wildman–Crippen MR) is 77.2 cm³/mol. The average Bonchev–Trinajstić information content (AvgIpc) is 2.33. The minimum atomic E-state index is 0.0599. The van der Waals surface area contributed by atoms with Crippen molar-refractivity contribution in [2.45, 2.75) is 46.5 Å². The van der Waals surface area contributed by atoms with Crippen LogP contribution < -0.4 is 5.32 Å². The van der Waals surface area contributed by atoms with Crippen LogP contribution in [0.5, 0.6) is 5.75 Å². The Morgan fingerprint density at radius 3 is 2.74 bits per heavy atom. The molecule has 1 atom stereocenters. The number of phenolic OH excluding ortho intramolecular Hbond substituents is 1. The Labute approximate surface area is 115 Å². The van der Waals surface area contributed by atoms with E-state index >= 15 is 0 Å². The molecule has 3 nitrogen and oxygen atoms in total. The first-order valence-electron chi connectivity index (χ1n) is 7.00. The van der Waals surface area contributed by atoms with E-state index in [4.69, 9.17) is 0 Å². The Morgan fingerprint density at radius 1 is 1.37 bits per heavy atom. The van der Waals surface area contributed by atoms with Crippen LogP contribution in [0.25, 0.3) is 0 Å². The Hall–Kier alpha value is -1.51. The number of anilines is 1. The van der Waals surface area contributed by atoms with Gasteiger partial charge in [-0.1, -0.05) is 32.8 Å². The predicted octanol–water partition coefficient (Wildman–Crippen LogP) is 3.86. The Balaban J connectivity index is 2.09. The number of nitrogens with one attached hydrogen (secondary N) is 1. The fourth-order valence-corrected chi connectivity index (χ4v) is 2.90. The van der Waals surface area contributed by atoms with Gasteiger partial charge < -0.3 is 10.4 Å². The van der Waals surface area contributed by atoms with Gasteiger partial charge in [-0.25, -0.2) is 0 Å². The van der Waals surface area contributed by atoms with Crippen LogP contribution in [0.4, 0.5) is 5.69 Å². The Bertz CT molecular complexity index is 480. The summed E-state index contributed by atoms with van der Waals surface area (Å²) >= 11 is 0. The van der Waals surface area contributed by atoms with Crippen molar-refractivity contribution in [1.82, 2.24) is 0 Å². The minimum Gasteiger partial charge on any atom is -0.508 e. The number of phenols is 1. The number of aromatic hydroxyl groups is 1. The molecule has 3 heteroatoms. The van der Waals surface area contributed by atoms with Gasteiger partial charge in [-0.3, -0.25) is 4.79 Å². The largest absolute Gasteiger partial charge is 0.508 e. The molecule has 104 valence electrons. The highest BCUT2D eigenvalue weighted by Crippen LogP contribution is 2.41. The molecule has 2 N–H and O–H groups in total. The number of hydrogen-bond donors (Lipinski definition) is 2. The van der Waals surface area contributed by atoms with Gasteiger partial charge >= 0.3 is 0 Å². The highest BCUT2D eigenvalue weighted by Gasteiger charge is 2.37. The van der Waals surface area contributed by atoms with Crippen LogP contribution in [0.2, 0.25) is 0 Å². The summed E-state index contributed by atoms with van der Waals surface area (Å²) in [6.45, 7) is 6.18. The average molecular weight is 261 g/mol. The molecule has 0 heterocycles. The van der Waals surface area contributed by atoms with Crippen molar-refractivity contribution in [2.24, 2.45) is 11.3 Å². The van der Waals surface area contributed by atoms with E-state index in [2.05, 4.69) is 19.2 Å². The molecular formula is C16H23NO2. The third-order valence-corrected chi connectivity index (χ3v) is 4.30. The lowest BCUT2D eigenvalue weighted by atomic mass is 9.68. The zero-order chi connectivity index (χ0) is 14.0. The summed E-state index contributed by atoms with van der Waals surface area (Å²) in [4.78, 5) is 12.4. The maximum absolute atomic E-state index is 12.4. The maximum Gasteiger partial charge on any atom is 0.228 e. The summed E-state index contributed by atoms with van der Waals surface area (Å²) in [6.07, 6.45) is 4.39. The maximum atomic E-state index is 12.4. The van der Waals surface area contributed by atoms with Gasteiger partial charge in [0.25, 0.3) is 0 Å². The molecule has 1 aromatic carbocycles. The molecule has 1 aromatic rings. The van der Waals surface area contributed by atoms with Crippen LogP contribution in [0, 0.1) is 18.3 Å². The number of benzene rings is 1. The summed E-state index contributed by atoms with van der Waals surface area (Å²) in [5.41, 5.74) is 1.56. The van der Waals surface area contributed by atoms with Gasteiger partial charge in [-0.15, -0.1) is 0 Å². The van der Waals surface area contributed by atoms with Crippen LogP contribution in [0.3, 0.4) is 0 Å². The van der Waals surface area contributed by atoms with Crippen molar-refractivity contribution in [1.29, 1.82) is 0 Å². The first-order valence-corrected chi connectivity index (χ1v) is 7.00. The molecule has 19 heavy (non-hydrogen) atoms. The van der Waals surface area contributed by atoms with Gasteiger partial charge in [0.15, 0.2) is 0 Å². The molecule has 0 aromatic heterocycles. The highest BCUT2D eigenvalue weighted by atomic mass is 16.3. The van der Waals surface area contributed by atoms with Gasteiger partial charge in [-0.05, 0) is 36.8 Å². The lowest BCUT2D eigenvalue weighted by Crippen LogP contribution is -2.37. The number of amides is 1. The number of hydrogen-bond acceptors (Lipinski definition) is 2. The van der Waals surface area contributed by atoms with Crippen LogP contribution in [-0.4, -0.2) is 11.0 Å². The smallest absolute Gasteiger partial charge is 0.228 e. The molecule has 1 saturated carbocycles. The molecular weight excluding hydrogens is 238 g/mol. The molecule has 0 bridgehead atoms. The second-order valence-corrected chi connectivity index (χ2v) is 6.28. The second-order valence-electron chi connectivity index (χ2n) is 6.28. The van der Waals surface area contributed by atoms with Gasteiger partial charge in [0.05, 0.1) is 0 Å². The first kappa shape index (κ1) is 13.9. The molecule has 0 radical (unpaired) electrons. The molecule has 1 aliphatic rings. The van der Waals surface area contributed by atoms with Gasteiger partial charge in [0.2, 0.25) is 5.91 Å². The minimum absolute atomic E-state index is 0.0599. The lowest BCUT2D eigenvalue weighted by Gasteiger charge is -2.37. The number of carbonyl (C=O) groups excluding carboxylic acids is 1. The van der Waals surface area contributed by atoms with Gasteiger partial charge in [0, 0.05) is 17.7 Å². The number of aryl methyl sites for hydroxylation is 1. The highest BCUT2D eigenvalue weighted by molar-refractivity contribution is 5.93. The number of rotatable bonds is 2. The molecule has 0 aliphatic heterocycles. The Kier molecular flexibility index (Phi) is 3.83. The normalized spacial score (nSPS) is 21.9. The van der Waals surface area contributed by atoms with Crippen molar-refractivity contribution in [2.75, 3.05) is 5.32 Å². The number of carbonyl (C=O) groups is 1. The van der Waals surface area contributed by atoms with Crippen molar-refractivity contribution < 1.29 is 9.90 Å². The van der Waals surface area contributed by atoms with E-state index in [1.165, 1.54) is 6.42 Å². The topological polar surface area (TPSA) is 49.3 Å². The second kappa shape index (κ2) is 5.24. The van der Waals surface area contributed by atoms with E-state index in [1.807, 2.05) is 19.1 Å². The third kappa shape index (κ3) is 3.09. The van der Waals surface area contributed by atoms with E-state index in [9.17, 15) is 9.90 Å². The zero-order valence-corrected chi connectivity index (χ0v) is 12.0. The summed E-state index contributed by atoms with van der Waals surface area (Å²) in [6, 6.07) is 5.27. The van der Waals surface area contributed by atoms with E-state index in [0.717, 1.165) is 24.8 Å². The van der Waals surface area contributed by atoms with E-state index < -0.39 is 0 Å². The summed E-state index contributed by atoms with van der Waals surface area (Å²) in [5.74, 6) is 0.360. The molecule has 1 fully saturated rings. The summed E-state index contributed by atoms with van der Waals surface area (Å²) in [7, 11) is 0. The molecule has 0 spiro atoms. The monoisotopic (exact) mass is 261 g/mol. The zero-order valence-electron chi connectivity index (χ0n) is 12.0. The quantitative estimate of drug-likeness (QED) is 0.849. The standard InChI is InChI=1S/C16H23NO2/c1-11-7-8-12(10-14(11)18)17-15(19)13-6-4-5-9-16(13,2)3/h7-8,10,13,18H,4-6,9H2,1-3H3,(H,17,19). The summed E-state index contributed by atoms with van der Waals surface area (Å²) < 4.78 is 0. The molecule has 1 amide bonds. The molecule has 2 rings (SSSR count). The molecule has 0 saturated heterocycles. The van der Waals surface area contributed by atoms with Crippen LogP contribution in [0.15, 0.2) is 18.2 Å². The lowest BCUT2D eigenvalue weighted by molar-refractivity contribution is -0.124. The third-order valence-electron chi connectivity index (χ3n) is 4.30. The van der Waals surface area contributed by atoms with Crippen LogP contribution >= 0.6 is 0 Å². The fourth-order valence-electron chi connectivity index (χ4n) is 2.90. The molecule has 1 aliphatic carbocycles. The van der Waals surface area contributed by atoms with E-state index in [0.29, 0.717) is 5.69 Å². The summed E-state index contributed by atoms with van der Waals surface area (Å²) in [5, 5.41) is 12.6. The van der Waals surface area contributed by atoms with Crippen LogP contribution in [-0.2, 0) is 4.79 Å². The van der Waals surface area contributed by atoms with E-state index in [-0.39, 0.29) is 23.0 Å². The van der Waals surface area contributed by atoms with Gasteiger partial charge in [0.1, 0.15) is 5.75 Å². The van der Waals surface area contributed by atoms with Crippen molar-refractivity contribution in [3.05, 3.63) is 23.8 Å². The Morgan fingerprint density at radius 2 is 2.11 bits per heavy atom. The SMILES string of the molecule is Cc1ccc(NC(=O)C2CCCCC2(C)C)cc1O. The van der Waals surface area contributed by atoms with Crippen molar-refractivity contribution in [3.63, 3.8) is 0 Å². The van der Waals surface area contributed by atoms with E-state index in [1.54, 1.807) is 6.07 Å².